The molecule has 17 heavy (non-hydrogen) atoms. The van der Waals surface area contributed by atoms with Gasteiger partial charge in [-0.3, -0.25) is 4.79 Å². The van der Waals surface area contributed by atoms with Crippen LogP contribution in [0.4, 0.5) is 0 Å². The van der Waals surface area contributed by atoms with Crippen molar-refractivity contribution in [2.75, 3.05) is 13.7 Å². The van der Waals surface area contributed by atoms with Crippen molar-refractivity contribution >= 4 is 17.5 Å². The molecule has 94 valence electrons. The lowest BCUT2D eigenvalue weighted by molar-refractivity contribution is 0.0891. The number of hydrogen-bond donors (Lipinski definition) is 1. The largest absolute Gasteiger partial charge is 0.383 e. The van der Waals surface area contributed by atoms with Gasteiger partial charge in [0.15, 0.2) is 0 Å². The predicted molar refractivity (Wildman–Crippen MR) is 67.3 cm³/mol. The number of pyridine rings is 1. The van der Waals surface area contributed by atoms with Crippen molar-refractivity contribution in [3.63, 3.8) is 0 Å². The standard InChI is InChI=1S/C12H17ClN2O2/c1-3-5-9(8-17-2)15-12(16)10-6-4-7-14-11(10)13/h4,6-7,9H,3,5,8H2,1-2H3,(H,15,16). The average molecular weight is 257 g/mol. The number of carbonyl (C=O) groups is 1. The van der Waals surface area contributed by atoms with Crippen LogP contribution in [0.25, 0.3) is 0 Å². The Morgan fingerprint density at radius 1 is 1.65 bits per heavy atom. The summed E-state index contributed by atoms with van der Waals surface area (Å²) in [5.74, 6) is -0.210. The highest BCUT2D eigenvalue weighted by Gasteiger charge is 2.15. The minimum absolute atomic E-state index is 0.00812. The Morgan fingerprint density at radius 3 is 3.00 bits per heavy atom. The minimum Gasteiger partial charge on any atom is -0.383 e. The molecule has 1 N–H and O–H groups in total. The molecule has 0 radical (unpaired) electrons. The maximum atomic E-state index is 11.9. The van der Waals surface area contributed by atoms with E-state index in [0.29, 0.717) is 12.2 Å². The van der Waals surface area contributed by atoms with E-state index in [1.165, 1.54) is 0 Å². The quantitative estimate of drug-likeness (QED) is 0.795. The number of nitrogens with zero attached hydrogens (tertiary/aromatic N) is 1. The van der Waals surface area contributed by atoms with Crippen molar-refractivity contribution in [1.29, 1.82) is 0 Å². The zero-order chi connectivity index (χ0) is 12.7. The van der Waals surface area contributed by atoms with Crippen molar-refractivity contribution < 1.29 is 9.53 Å². The van der Waals surface area contributed by atoms with Crippen LogP contribution in [0.15, 0.2) is 18.3 Å². The Hall–Kier alpha value is -1.13. The van der Waals surface area contributed by atoms with E-state index in [4.69, 9.17) is 16.3 Å². The molecule has 0 aliphatic rings. The van der Waals surface area contributed by atoms with E-state index < -0.39 is 0 Å². The second-order valence-electron chi connectivity index (χ2n) is 3.76. The molecule has 1 atom stereocenters. The Kier molecular flexibility index (Phi) is 5.94. The third kappa shape index (κ3) is 4.32. The van der Waals surface area contributed by atoms with E-state index in [0.717, 1.165) is 12.8 Å². The molecule has 1 rings (SSSR count). The van der Waals surface area contributed by atoms with Gasteiger partial charge in [0.05, 0.1) is 18.2 Å². The summed E-state index contributed by atoms with van der Waals surface area (Å²) in [5.41, 5.74) is 0.395. The normalized spacial score (nSPS) is 12.2. The van der Waals surface area contributed by atoms with Crippen molar-refractivity contribution in [1.82, 2.24) is 10.3 Å². The predicted octanol–water partition coefficient (Wildman–Crippen LogP) is 2.28. The van der Waals surface area contributed by atoms with Gasteiger partial charge in [-0.1, -0.05) is 24.9 Å². The second kappa shape index (κ2) is 7.25. The van der Waals surface area contributed by atoms with Crippen LogP contribution in [0, 0.1) is 0 Å². The third-order valence-electron chi connectivity index (χ3n) is 2.34. The van der Waals surface area contributed by atoms with Crippen LogP contribution in [0.1, 0.15) is 30.1 Å². The zero-order valence-electron chi connectivity index (χ0n) is 10.1. The zero-order valence-corrected chi connectivity index (χ0v) is 10.8. The van der Waals surface area contributed by atoms with Gasteiger partial charge in [0.25, 0.3) is 5.91 Å². The smallest absolute Gasteiger partial charge is 0.254 e. The van der Waals surface area contributed by atoms with Crippen LogP contribution in [0.5, 0.6) is 0 Å². The Labute approximate surface area is 106 Å². The fourth-order valence-electron chi connectivity index (χ4n) is 1.57. The summed E-state index contributed by atoms with van der Waals surface area (Å²) in [4.78, 5) is 15.8. The van der Waals surface area contributed by atoms with E-state index >= 15 is 0 Å². The SMILES string of the molecule is CCCC(COC)NC(=O)c1cccnc1Cl. The van der Waals surface area contributed by atoms with E-state index in [1.54, 1.807) is 25.4 Å². The molecule has 5 heteroatoms. The number of ether oxygens (including phenoxy) is 1. The first-order chi connectivity index (χ1) is 8.19. The van der Waals surface area contributed by atoms with Crippen molar-refractivity contribution in [2.45, 2.75) is 25.8 Å². The molecule has 0 saturated heterocycles. The number of aromatic nitrogens is 1. The molecular formula is C12H17ClN2O2. The van der Waals surface area contributed by atoms with Gasteiger partial charge in [0.1, 0.15) is 5.15 Å². The number of hydrogen-bond acceptors (Lipinski definition) is 3. The lowest BCUT2D eigenvalue weighted by Gasteiger charge is -2.17. The fourth-order valence-corrected chi connectivity index (χ4v) is 1.77. The van der Waals surface area contributed by atoms with E-state index in [1.807, 2.05) is 0 Å². The van der Waals surface area contributed by atoms with E-state index in [-0.39, 0.29) is 17.1 Å². The fraction of sp³-hybridized carbons (Fsp3) is 0.500. The molecule has 0 bridgehead atoms. The van der Waals surface area contributed by atoms with Gasteiger partial charge in [-0.2, -0.15) is 0 Å². The highest BCUT2D eigenvalue weighted by atomic mass is 35.5. The van der Waals surface area contributed by atoms with Gasteiger partial charge in [-0.15, -0.1) is 0 Å². The van der Waals surface area contributed by atoms with Crippen LogP contribution < -0.4 is 5.32 Å². The lowest BCUT2D eigenvalue weighted by atomic mass is 10.1. The molecule has 0 aromatic carbocycles. The summed E-state index contributed by atoms with van der Waals surface area (Å²) < 4.78 is 5.06. The van der Waals surface area contributed by atoms with Gasteiger partial charge in [0, 0.05) is 13.3 Å². The molecule has 0 fully saturated rings. The number of carbonyl (C=O) groups excluding carboxylic acids is 1. The Morgan fingerprint density at radius 2 is 2.41 bits per heavy atom. The Balaban J connectivity index is 2.67. The van der Waals surface area contributed by atoms with Crippen LogP contribution in [-0.4, -0.2) is 30.6 Å². The van der Waals surface area contributed by atoms with Crippen LogP contribution >= 0.6 is 11.6 Å². The molecular weight excluding hydrogens is 240 g/mol. The van der Waals surface area contributed by atoms with E-state index in [2.05, 4.69) is 17.2 Å². The topological polar surface area (TPSA) is 51.2 Å². The number of rotatable bonds is 6. The van der Waals surface area contributed by atoms with Gasteiger partial charge >= 0.3 is 0 Å². The summed E-state index contributed by atoms with van der Waals surface area (Å²) in [6.45, 7) is 2.56. The molecule has 0 saturated carbocycles. The molecule has 1 aromatic rings. The summed E-state index contributed by atoms with van der Waals surface area (Å²) in [6, 6.07) is 3.35. The number of nitrogens with one attached hydrogen (secondary N) is 1. The summed E-state index contributed by atoms with van der Waals surface area (Å²) >= 11 is 5.85. The van der Waals surface area contributed by atoms with Crippen LogP contribution in [-0.2, 0) is 4.74 Å². The number of halogens is 1. The highest BCUT2D eigenvalue weighted by Crippen LogP contribution is 2.11. The molecule has 0 aliphatic carbocycles. The maximum Gasteiger partial charge on any atom is 0.254 e. The van der Waals surface area contributed by atoms with Crippen molar-refractivity contribution in [2.24, 2.45) is 0 Å². The molecule has 1 heterocycles. The lowest BCUT2D eigenvalue weighted by Crippen LogP contribution is -2.38. The first-order valence-electron chi connectivity index (χ1n) is 5.59. The summed E-state index contributed by atoms with van der Waals surface area (Å²) in [7, 11) is 1.62. The first kappa shape index (κ1) is 13.9. The number of methoxy groups -OCH3 is 1. The maximum absolute atomic E-state index is 11.9. The number of amides is 1. The van der Waals surface area contributed by atoms with Crippen molar-refractivity contribution in [3.05, 3.63) is 29.0 Å². The van der Waals surface area contributed by atoms with Gasteiger partial charge < -0.3 is 10.1 Å². The molecule has 0 aliphatic heterocycles. The molecule has 1 aromatic heterocycles. The third-order valence-corrected chi connectivity index (χ3v) is 2.65. The van der Waals surface area contributed by atoms with E-state index in [9.17, 15) is 4.79 Å². The van der Waals surface area contributed by atoms with Crippen LogP contribution in [0.2, 0.25) is 5.15 Å². The molecule has 4 nitrogen and oxygen atoms in total. The van der Waals surface area contributed by atoms with Gasteiger partial charge in [-0.25, -0.2) is 4.98 Å². The molecule has 1 amide bonds. The van der Waals surface area contributed by atoms with Crippen LogP contribution in [0.3, 0.4) is 0 Å². The highest BCUT2D eigenvalue weighted by molar-refractivity contribution is 6.32. The average Bonchev–Trinajstić information content (AvgIpc) is 2.30. The molecule has 1 unspecified atom stereocenters. The summed E-state index contributed by atoms with van der Waals surface area (Å²) in [5, 5.41) is 3.11. The minimum atomic E-state index is -0.210. The Bertz CT molecular complexity index is 365. The van der Waals surface area contributed by atoms with Crippen molar-refractivity contribution in [3.8, 4) is 0 Å². The second-order valence-corrected chi connectivity index (χ2v) is 4.11. The molecule has 0 spiro atoms. The van der Waals surface area contributed by atoms with Gasteiger partial charge in [0.2, 0.25) is 0 Å². The first-order valence-corrected chi connectivity index (χ1v) is 5.97. The summed E-state index contributed by atoms with van der Waals surface area (Å²) in [6.07, 6.45) is 3.41. The monoisotopic (exact) mass is 256 g/mol. The van der Waals surface area contributed by atoms with Gasteiger partial charge in [-0.05, 0) is 18.6 Å².